The summed E-state index contributed by atoms with van der Waals surface area (Å²) in [4.78, 5) is 4.44. The molecule has 0 radical (unpaired) electrons. The summed E-state index contributed by atoms with van der Waals surface area (Å²) in [6, 6.07) is 2.09. The molecule has 6 heteroatoms. The predicted octanol–water partition coefficient (Wildman–Crippen LogP) is 1.89. The smallest absolute Gasteiger partial charge is 0.481 e. The molecule has 2 saturated heterocycles. The van der Waals surface area contributed by atoms with Gasteiger partial charge in [0, 0.05) is 29.7 Å². The van der Waals surface area contributed by atoms with Crippen LogP contribution in [0.15, 0.2) is 12.3 Å². The van der Waals surface area contributed by atoms with Gasteiger partial charge in [-0.25, -0.2) is 4.98 Å². The number of aromatic nitrogens is 1. The van der Waals surface area contributed by atoms with Crippen LogP contribution in [-0.2, 0) is 14.0 Å². The maximum atomic E-state index is 6.11. The molecule has 3 rings (SSSR count). The molecular weight excluding hydrogens is 281 g/mol. The Morgan fingerprint density at radius 1 is 1.23 bits per heavy atom. The second kappa shape index (κ2) is 5.51. The van der Waals surface area contributed by atoms with Gasteiger partial charge < -0.3 is 18.8 Å². The molecule has 1 aromatic heterocycles. The normalized spacial score (nSPS) is 26.4. The highest BCUT2D eigenvalue weighted by Crippen LogP contribution is 2.37. The summed E-state index contributed by atoms with van der Waals surface area (Å²) in [5, 5.41) is 0. The molecule has 0 bridgehead atoms. The van der Waals surface area contributed by atoms with Gasteiger partial charge >= 0.3 is 7.12 Å². The van der Waals surface area contributed by atoms with Crippen LogP contribution in [0.25, 0.3) is 0 Å². The molecule has 0 aromatic carbocycles. The van der Waals surface area contributed by atoms with Crippen LogP contribution in [-0.4, -0.2) is 43.6 Å². The maximum Gasteiger partial charge on any atom is 0.496 e. The van der Waals surface area contributed by atoms with Gasteiger partial charge in [0.15, 0.2) is 0 Å². The lowest BCUT2D eigenvalue weighted by Crippen LogP contribution is -2.41. The van der Waals surface area contributed by atoms with Crippen molar-refractivity contribution in [2.45, 2.75) is 51.2 Å². The Kier molecular flexibility index (Phi) is 3.95. The average Bonchev–Trinajstić information content (AvgIpc) is 3.05. The molecule has 2 fully saturated rings. The van der Waals surface area contributed by atoms with E-state index in [2.05, 4.69) is 38.7 Å². The van der Waals surface area contributed by atoms with Gasteiger partial charge in [-0.15, -0.1) is 0 Å². The summed E-state index contributed by atoms with van der Waals surface area (Å²) >= 11 is 0. The molecule has 22 heavy (non-hydrogen) atoms. The van der Waals surface area contributed by atoms with Gasteiger partial charge in [-0.3, -0.25) is 0 Å². The van der Waals surface area contributed by atoms with Crippen molar-refractivity contribution in [1.29, 1.82) is 0 Å². The Bertz CT molecular complexity index is 539. The fourth-order valence-electron chi connectivity index (χ4n) is 2.84. The number of ether oxygens (including phenoxy) is 2. The Labute approximate surface area is 132 Å². The molecule has 1 unspecified atom stereocenters. The van der Waals surface area contributed by atoms with Crippen LogP contribution < -0.4 is 10.2 Å². The van der Waals surface area contributed by atoms with Gasteiger partial charge in [0.1, 0.15) is 0 Å². The first-order valence-corrected chi connectivity index (χ1v) is 7.81. The largest absolute Gasteiger partial charge is 0.496 e. The lowest BCUT2D eigenvalue weighted by molar-refractivity contribution is 0.00578. The summed E-state index contributed by atoms with van der Waals surface area (Å²) in [6.07, 6.45) is 2.77. The zero-order valence-electron chi connectivity index (χ0n) is 14.0. The van der Waals surface area contributed by atoms with E-state index in [0.29, 0.717) is 18.4 Å². The van der Waals surface area contributed by atoms with E-state index in [1.165, 1.54) is 0 Å². The molecular formula is C16H24BNO4. The van der Waals surface area contributed by atoms with Gasteiger partial charge in [-0.1, -0.05) is 6.07 Å². The van der Waals surface area contributed by atoms with Gasteiger partial charge in [-0.2, -0.15) is 0 Å². The molecule has 0 saturated carbocycles. The Hall–Kier alpha value is -1.11. The topological polar surface area (TPSA) is 49.8 Å². The van der Waals surface area contributed by atoms with E-state index >= 15 is 0 Å². The fourth-order valence-corrected chi connectivity index (χ4v) is 2.84. The van der Waals surface area contributed by atoms with Crippen molar-refractivity contribution in [3.05, 3.63) is 17.8 Å². The minimum Gasteiger partial charge on any atom is -0.481 e. The minimum atomic E-state index is -0.399. The van der Waals surface area contributed by atoms with Crippen LogP contribution in [0.2, 0.25) is 0 Å². The third-order valence-corrected chi connectivity index (χ3v) is 4.99. The van der Waals surface area contributed by atoms with Crippen LogP contribution in [0.4, 0.5) is 0 Å². The van der Waals surface area contributed by atoms with E-state index in [9.17, 15) is 0 Å². The van der Waals surface area contributed by atoms with Crippen molar-refractivity contribution in [3.8, 4) is 5.88 Å². The van der Waals surface area contributed by atoms with E-state index < -0.39 is 7.12 Å². The van der Waals surface area contributed by atoms with Crippen molar-refractivity contribution in [2.24, 2.45) is 0 Å². The summed E-state index contributed by atoms with van der Waals surface area (Å²) in [6.45, 7) is 9.70. The standard InChI is InChI=1S/C16H24BNO4/c1-15(2)16(3,4)22-17(21-15)12-8-13(11-6-7-20-10-11)14(19-5)18-9-12/h8-9,11H,6-7,10H2,1-5H3. The molecule has 1 aromatic rings. The van der Waals surface area contributed by atoms with Gasteiger partial charge in [0.2, 0.25) is 5.88 Å². The Morgan fingerprint density at radius 3 is 2.45 bits per heavy atom. The minimum absolute atomic E-state index is 0.324. The fraction of sp³-hybridized carbons (Fsp3) is 0.688. The number of nitrogens with zero attached hydrogens (tertiary/aromatic N) is 1. The molecule has 5 nitrogen and oxygen atoms in total. The maximum absolute atomic E-state index is 6.11. The number of hydrogen-bond donors (Lipinski definition) is 0. The lowest BCUT2D eigenvalue weighted by atomic mass is 9.78. The highest BCUT2D eigenvalue weighted by molar-refractivity contribution is 6.62. The van der Waals surface area contributed by atoms with Crippen LogP contribution in [0.5, 0.6) is 5.88 Å². The monoisotopic (exact) mass is 305 g/mol. The van der Waals surface area contributed by atoms with Crippen LogP contribution in [0.1, 0.15) is 45.6 Å². The van der Waals surface area contributed by atoms with Crippen molar-refractivity contribution >= 4 is 12.6 Å². The molecule has 1 atom stereocenters. The third kappa shape index (κ3) is 2.64. The average molecular weight is 305 g/mol. The molecule has 120 valence electrons. The second-order valence-corrected chi connectivity index (χ2v) is 7.02. The molecule has 3 heterocycles. The highest BCUT2D eigenvalue weighted by Gasteiger charge is 2.52. The zero-order valence-corrected chi connectivity index (χ0v) is 14.0. The first-order valence-electron chi connectivity index (χ1n) is 7.81. The number of pyridine rings is 1. The Morgan fingerprint density at radius 2 is 1.91 bits per heavy atom. The summed E-state index contributed by atoms with van der Waals surface area (Å²) in [5.74, 6) is 0.987. The van der Waals surface area contributed by atoms with E-state index in [1.54, 1.807) is 13.3 Å². The molecule has 0 amide bonds. The molecule has 0 N–H and O–H groups in total. The second-order valence-electron chi connectivity index (χ2n) is 7.02. The summed E-state index contributed by atoms with van der Waals surface area (Å²) < 4.78 is 23.1. The Balaban J connectivity index is 1.91. The van der Waals surface area contributed by atoms with Crippen molar-refractivity contribution < 1.29 is 18.8 Å². The number of methoxy groups -OCH3 is 1. The lowest BCUT2D eigenvalue weighted by Gasteiger charge is -2.32. The first kappa shape index (κ1) is 15.8. The van der Waals surface area contributed by atoms with Gasteiger partial charge in [-0.05, 0) is 34.1 Å². The quantitative estimate of drug-likeness (QED) is 0.798. The van der Waals surface area contributed by atoms with Crippen LogP contribution >= 0.6 is 0 Å². The summed E-state index contributed by atoms with van der Waals surface area (Å²) in [5.41, 5.74) is 1.30. The van der Waals surface area contributed by atoms with E-state index in [4.69, 9.17) is 18.8 Å². The zero-order chi connectivity index (χ0) is 16.0. The molecule has 2 aliphatic rings. The number of hydrogen-bond acceptors (Lipinski definition) is 5. The molecule has 0 aliphatic carbocycles. The van der Waals surface area contributed by atoms with E-state index in [-0.39, 0.29) is 11.2 Å². The number of rotatable bonds is 3. The van der Waals surface area contributed by atoms with Crippen molar-refractivity contribution in [1.82, 2.24) is 4.98 Å². The SMILES string of the molecule is COc1ncc(B2OC(C)(C)C(C)(C)O2)cc1C1CCOC1. The highest BCUT2D eigenvalue weighted by atomic mass is 16.7. The van der Waals surface area contributed by atoms with Gasteiger partial charge in [0.05, 0.1) is 24.9 Å². The van der Waals surface area contributed by atoms with Gasteiger partial charge in [0.25, 0.3) is 0 Å². The van der Waals surface area contributed by atoms with Crippen LogP contribution in [0.3, 0.4) is 0 Å². The van der Waals surface area contributed by atoms with Crippen LogP contribution in [0, 0.1) is 0 Å². The van der Waals surface area contributed by atoms with E-state index in [0.717, 1.165) is 24.1 Å². The third-order valence-electron chi connectivity index (χ3n) is 4.99. The first-order chi connectivity index (χ1) is 10.3. The van der Waals surface area contributed by atoms with Crippen molar-refractivity contribution in [2.75, 3.05) is 20.3 Å². The predicted molar refractivity (Wildman–Crippen MR) is 84.7 cm³/mol. The van der Waals surface area contributed by atoms with Crippen molar-refractivity contribution in [3.63, 3.8) is 0 Å². The molecule has 2 aliphatic heterocycles. The molecule has 0 spiro atoms. The van der Waals surface area contributed by atoms with E-state index in [1.807, 2.05) is 0 Å². The summed E-state index contributed by atoms with van der Waals surface area (Å²) in [7, 11) is 1.25.